The van der Waals surface area contributed by atoms with Crippen LogP contribution in [0.1, 0.15) is 6.42 Å². The third-order valence-corrected chi connectivity index (χ3v) is 5.53. The van der Waals surface area contributed by atoms with Gasteiger partial charge >= 0.3 is 6.18 Å². The maximum Gasteiger partial charge on any atom is 0.411 e. The van der Waals surface area contributed by atoms with E-state index in [1.807, 2.05) is 23.6 Å². The van der Waals surface area contributed by atoms with Crippen LogP contribution < -0.4 is 5.32 Å². The number of anilines is 1. The summed E-state index contributed by atoms with van der Waals surface area (Å²) in [5.41, 5.74) is 2.15. The Balaban J connectivity index is 1.58. The van der Waals surface area contributed by atoms with Crippen LogP contribution in [-0.2, 0) is 0 Å². The van der Waals surface area contributed by atoms with Gasteiger partial charge in [0.25, 0.3) is 0 Å². The number of hydrogen-bond donors (Lipinski definition) is 1. The van der Waals surface area contributed by atoms with E-state index in [4.69, 9.17) is 0 Å². The van der Waals surface area contributed by atoms with Gasteiger partial charge in [0, 0.05) is 18.8 Å². The van der Waals surface area contributed by atoms with Gasteiger partial charge < -0.3 is 5.32 Å². The van der Waals surface area contributed by atoms with Crippen LogP contribution in [0.2, 0.25) is 0 Å². The first-order valence-electron chi connectivity index (χ1n) is 8.03. The molecule has 3 aromatic rings. The van der Waals surface area contributed by atoms with Gasteiger partial charge in [-0.05, 0) is 39.4 Å². The lowest BCUT2D eigenvalue weighted by Gasteiger charge is -2.19. The summed E-state index contributed by atoms with van der Waals surface area (Å²) in [6.45, 7) is 0.342. The van der Waals surface area contributed by atoms with Gasteiger partial charge in [0.2, 0.25) is 0 Å². The van der Waals surface area contributed by atoms with Gasteiger partial charge in [0.1, 0.15) is 11.9 Å². The first-order valence-corrected chi connectivity index (χ1v) is 9.70. The van der Waals surface area contributed by atoms with Crippen LogP contribution in [0.3, 0.4) is 0 Å². The van der Waals surface area contributed by atoms with E-state index in [0.717, 1.165) is 15.0 Å². The predicted octanol–water partition coefficient (Wildman–Crippen LogP) is 4.96. The van der Waals surface area contributed by atoms with Crippen molar-refractivity contribution in [2.45, 2.75) is 18.6 Å². The second-order valence-corrected chi connectivity index (χ2v) is 7.74. The van der Waals surface area contributed by atoms with Gasteiger partial charge in [0.05, 0.1) is 21.2 Å². The van der Waals surface area contributed by atoms with E-state index >= 15 is 0 Å². The topological polar surface area (TPSA) is 54.6 Å². The maximum atomic E-state index is 12.7. The summed E-state index contributed by atoms with van der Waals surface area (Å²) in [5, 5.41) is 9.50. The summed E-state index contributed by atoms with van der Waals surface area (Å²) in [6, 6.07) is 4.15. The summed E-state index contributed by atoms with van der Waals surface area (Å²) in [7, 11) is 0. The zero-order valence-corrected chi connectivity index (χ0v) is 16.1. The molecule has 0 aliphatic carbocycles. The number of fused-ring (bicyclic) bond motifs is 1. The zero-order chi connectivity index (χ0) is 19.0. The molecule has 0 saturated heterocycles. The Hall–Kier alpha value is -2.20. The maximum absolute atomic E-state index is 12.7. The fourth-order valence-corrected chi connectivity index (χ4v) is 3.74. The number of hydrogen-bond acceptors (Lipinski definition) is 5. The molecule has 5 nitrogen and oxygen atoms in total. The molecule has 1 unspecified atom stereocenters. The van der Waals surface area contributed by atoms with E-state index in [-0.39, 0.29) is 6.42 Å². The molecular formula is C17H13BrF3N5S. The fourth-order valence-electron chi connectivity index (χ4n) is 2.70. The molecule has 27 heavy (non-hydrogen) atoms. The van der Waals surface area contributed by atoms with E-state index < -0.39 is 12.2 Å². The predicted molar refractivity (Wildman–Crippen MR) is 104 cm³/mol. The van der Waals surface area contributed by atoms with Gasteiger partial charge in [-0.1, -0.05) is 12.1 Å². The van der Waals surface area contributed by atoms with Gasteiger partial charge in [0.15, 0.2) is 5.65 Å². The Morgan fingerprint density at radius 1 is 1.37 bits per heavy atom. The smallest absolute Gasteiger partial charge is 0.366 e. The molecule has 140 valence electrons. The number of halogens is 4. The number of alkyl halides is 3. The molecule has 4 heterocycles. The first-order chi connectivity index (χ1) is 12.9. The van der Waals surface area contributed by atoms with E-state index in [0.29, 0.717) is 23.6 Å². The Labute approximate surface area is 164 Å². The van der Waals surface area contributed by atoms with E-state index in [1.54, 1.807) is 28.1 Å². The first kappa shape index (κ1) is 18.2. The van der Waals surface area contributed by atoms with Crippen LogP contribution in [0.4, 0.5) is 19.0 Å². The molecule has 1 aliphatic rings. The molecule has 0 fully saturated rings. The van der Waals surface area contributed by atoms with E-state index in [1.165, 1.54) is 6.21 Å². The number of nitrogens with one attached hydrogen (secondary N) is 1. The van der Waals surface area contributed by atoms with Gasteiger partial charge in [-0.25, -0.2) is 4.98 Å². The van der Waals surface area contributed by atoms with Crippen LogP contribution in [0.5, 0.6) is 0 Å². The average molecular weight is 456 g/mol. The van der Waals surface area contributed by atoms with Gasteiger partial charge in [-0.15, -0.1) is 11.3 Å². The Kier molecular flexibility index (Phi) is 4.77. The molecule has 0 amide bonds. The highest BCUT2D eigenvalue weighted by Gasteiger charge is 2.39. The largest absolute Gasteiger partial charge is 0.411 e. The number of aromatic nitrogens is 3. The van der Waals surface area contributed by atoms with Crippen molar-refractivity contribution < 1.29 is 13.2 Å². The molecule has 3 aromatic heterocycles. The van der Waals surface area contributed by atoms with Crippen LogP contribution in [0.15, 0.2) is 50.9 Å². The Bertz CT molecular complexity index is 1020. The lowest BCUT2D eigenvalue weighted by Crippen LogP contribution is -2.28. The SMILES string of the molecule is FC(F)(F)C1CC=C(CNc2cc(-c3cccs3)nc3c(Br)cnn23)C=N1. The molecule has 0 saturated carbocycles. The molecular weight excluding hydrogens is 443 g/mol. The number of nitrogens with zero attached hydrogens (tertiary/aromatic N) is 4. The van der Waals surface area contributed by atoms with Gasteiger partial charge in [-0.2, -0.15) is 22.8 Å². The molecule has 0 aromatic carbocycles. The highest BCUT2D eigenvalue weighted by Crippen LogP contribution is 2.30. The van der Waals surface area contributed by atoms with E-state index in [9.17, 15) is 13.2 Å². The van der Waals surface area contributed by atoms with E-state index in [2.05, 4.69) is 36.3 Å². The number of dihydropyridines is 1. The number of thiophene rings is 1. The lowest BCUT2D eigenvalue weighted by atomic mass is 10.1. The molecule has 0 spiro atoms. The lowest BCUT2D eigenvalue weighted by molar-refractivity contribution is -0.146. The van der Waals surface area contributed by atoms with Crippen molar-refractivity contribution >= 4 is 44.9 Å². The van der Waals surface area contributed by atoms with Crippen molar-refractivity contribution in [2.24, 2.45) is 4.99 Å². The molecule has 4 rings (SSSR count). The minimum Gasteiger partial charge on any atom is -0.366 e. The highest BCUT2D eigenvalue weighted by atomic mass is 79.9. The average Bonchev–Trinajstić information content (AvgIpc) is 3.30. The molecule has 1 N–H and O–H groups in total. The Morgan fingerprint density at radius 2 is 2.22 bits per heavy atom. The summed E-state index contributed by atoms with van der Waals surface area (Å²) >= 11 is 5.02. The minimum atomic E-state index is -4.31. The van der Waals surface area contributed by atoms with Crippen LogP contribution in [0, 0.1) is 0 Å². The third-order valence-electron chi connectivity index (χ3n) is 4.08. The van der Waals surface area contributed by atoms with Crippen LogP contribution in [0.25, 0.3) is 16.2 Å². The monoisotopic (exact) mass is 455 g/mol. The summed E-state index contributed by atoms with van der Waals surface area (Å²) in [4.78, 5) is 9.26. The summed E-state index contributed by atoms with van der Waals surface area (Å²) in [6.07, 6.45) is 0.0552. The van der Waals surface area contributed by atoms with Crippen molar-refractivity contribution in [3.8, 4) is 10.6 Å². The Morgan fingerprint density at radius 3 is 2.89 bits per heavy atom. The molecule has 0 bridgehead atoms. The number of aliphatic imine (C=N–C) groups is 1. The van der Waals surface area contributed by atoms with Crippen LogP contribution in [-0.4, -0.2) is 39.6 Å². The van der Waals surface area contributed by atoms with Crippen molar-refractivity contribution in [3.05, 3.63) is 45.9 Å². The van der Waals surface area contributed by atoms with Crippen molar-refractivity contribution in [1.29, 1.82) is 0 Å². The standard InChI is InChI=1S/C17H13BrF3N5S/c18-11-9-24-26-15(6-12(25-16(11)26)13-2-1-5-27-13)23-8-10-3-4-14(22-7-10)17(19,20)21/h1-3,5-7,9,14,23H,4,8H2. The van der Waals surface area contributed by atoms with Crippen molar-refractivity contribution in [3.63, 3.8) is 0 Å². The zero-order valence-electron chi connectivity index (χ0n) is 13.7. The quantitative estimate of drug-likeness (QED) is 0.604. The van der Waals surface area contributed by atoms with Crippen LogP contribution >= 0.6 is 27.3 Å². The van der Waals surface area contributed by atoms with Gasteiger partial charge in [-0.3, -0.25) is 4.99 Å². The molecule has 1 atom stereocenters. The summed E-state index contributed by atoms with van der Waals surface area (Å²) in [5.74, 6) is 0.696. The second-order valence-electron chi connectivity index (χ2n) is 5.94. The highest BCUT2D eigenvalue weighted by molar-refractivity contribution is 9.10. The third kappa shape index (κ3) is 3.77. The number of rotatable bonds is 4. The van der Waals surface area contributed by atoms with Crippen molar-refractivity contribution in [1.82, 2.24) is 14.6 Å². The summed E-state index contributed by atoms with van der Waals surface area (Å²) < 4.78 is 40.5. The second kappa shape index (κ2) is 7.08. The molecule has 10 heteroatoms. The molecule has 1 aliphatic heterocycles. The molecule has 0 radical (unpaired) electrons. The fraction of sp³-hybridized carbons (Fsp3) is 0.235. The van der Waals surface area contributed by atoms with Crippen molar-refractivity contribution in [2.75, 3.05) is 11.9 Å². The minimum absolute atomic E-state index is 0.142. The normalized spacial score (nSPS) is 17.3.